The summed E-state index contributed by atoms with van der Waals surface area (Å²) in [6.07, 6.45) is 2.13. The summed E-state index contributed by atoms with van der Waals surface area (Å²) >= 11 is 11.9. The van der Waals surface area contributed by atoms with E-state index in [9.17, 15) is 4.79 Å². The average molecular weight is 272 g/mol. The van der Waals surface area contributed by atoms with Crippen molar-refractivity contribution in [2.75, 3.05) is 19.0 Å². The number of rotatable bonds is 2. The van der Waals surface area contributed by atoms with Crippen LogP contribution in [0.5, 0.6) is 0 Å². The molecular weight excluding hydrogens is 257 g/mol. The minimum absolute atomic E-state index is 0.0189. The van der Waals surface area contributed by atoms with E-state index in [0.29, 0.717) is 22.4 Å². The molecule has 0 bridgehead atoms. The van der Waals surface area contributed by atoms with E-state index >= 15 is 0 Å². The molecule has 92 valence electrons. The number of alkyl halides is 1. The third kappa shape index (κ3) is 2.93. The van der Waals surface area contributed by atoms with Crippen molar-refractivity contribution in [1.29, 1.82) is 0 Å². The van der Waals surface area contributed by atoms with Crippen LogP contribution in [0.3, 0.4) is 0 Å². The molecule has 0 saturated carbocycles. The molecule has 0 aliphatic carbocycles. The van der Waals surface area contributed by atoms with Gasteiger partial charge < -0.3 is 4.90 Å². The molecule has 1 aliphatic rings. The molecule has 0 N–H and O–H groups in total. The first-order valence-corrected chi connectivity index (χ1v) is 6.73. The summed E-state index contributed by atoms with van der Waals surface area (Å²) < 4.78 is 0. The predicted molar refractivity (Wildman–Crippen MR) is 70.8 cm³/mol. The lowest BCUT2D eigenvalue weighted by atomic mass is 9.99. The van der Waals surface area contributed by atoms with Gasteiger partial charge in [0, 0.05) is 19.0 Å². The lowest BCUT2D eigenvalue weighted by Crippen LogP contribution is -2.40. The van der Waals surface area contributed by atoms with Crippen molar-refractivity contribution < 1.29 is 4.79 Å². The number of hydrogen-bond acceptors (Lipinski definition) is 1. The van der Waals surface area contributed by atoms with E-state index in [-0.39, 0.29) is 5.91 Å². The lowest BCUT2D eigenvalue weighted by Gasteiger charge is -2.32. The molecule has 1 unspecified atom stereocenters. The highest BCUT2D eigenvalue weighted by Crippen LogP contribution is 2.22. The van der Waals surface area contributed by atoms with Gasteiger partial charge in [0.1, 0.15) is 0 Å². The van der Waals surface area contributed by atoms with E-state index in [0.717, 1.165) is 25.9 Å². The minimum atomic E-state index is 0.0189. The molecule has 0 radical (unpaired) electrons. The molecule has 1 aromatic rings. The molecule has 1 saturated heterocycles. The number of amides is 1. The van der Waals surface area contributed by atoms with Crippen LogP contribution in [0.2, 0.25) is 5.02 Å². The number of benzene rings is 1. The predicted octanol–water partition coefficient (Wildman–Crippen LogP) is 3.43. The summed E-state index contributed by atoms with van der Waals surface area (Å²) in [5, 5.41) is 0.519. The van der Waals surface area contributed by atoms with E-state index in [1.165, 1.54) is 0 Å². The summed E-state index contributed by atoms with van der Waals surface area (Å²) in [6.45, 7) is 1.55. The van der Waals surface area contributed by atoms with Crippen molar-refractivity contribution in [1.82, 2.24) is 4.90 Å². The maximum absolute atomic E-state index is 12.3. The van der Waals surface area contributed by atoms with Crippen LogP contribution in [0.4, 0.5) is 0 Å². The Kier molecular flexibility index (Phi) is 4.30. The van der Waals surface area contributed by atoms with Crippen molar-refractivity contribution in [3.8, 4) is 0 Å². The number of nitrogens with zero attached hydrogens (tertiary/aromatic N) is 1. The normalized spacial score (nSPS) is 20.4. The summed E-state index contributed by atoms with van der Waals surface area (Å²) in [5.74, 6) is 1.05. The standard InChI is InChI=1S/C13H15Cl2NO/c14-8-10-4-3-7-16(9-10)13(17)11-5-1-2-6-12(11)15/h1-2,5-6,10H,3-4,7-9H2. The highest BCUT2D eigenvalue weighted by atomic mass is 35.5. The van der Waals surface area contributed by atoms with Crippen LogP contribution in [-0.2, 0) is 0 Å². The van der Waals surface area contributed by atoms with Gasteiger partial charge in [0.2, 0.25) is 0 Å². The average Bonchev–Trinajstić information content (AvgIpc) is 2.38. The molecule has 1 aromatic carbocycles. The van der Waals surface area contributed by atoms with Crippen LogP contribution in [0.25, 0.3) is 0 Å². The topological polar surface area (TPSA) is 20.3 Å². The Bertz CT molecular complexity index is 408. The van der Waals surface area contributed by atoms with Crippen LogP contribution in [0.15, 0.2) is 24.3 Å². The van der Waals surface area contributed by atoms with E-state index in [2.05, 4.69) is 0 Å². The first kappa shape index (κ1) is 12.7. The third-order valence-electron chi connectivity index (χ3n) is 3.13. The Morgan fingerprint density at radius 1 is 1.41 bits per heavy atom. The molecule has 1 aliphatic heterocycles. The Morgan fingerprint density at radius 3 is 2.88 bits per heavy atom. The molecule has 17 heavy (non-hydrogen) atoms. The van der Waals surface area contributed by atoms with Gasteiger partial charge in [0.25, 0.3) is 5.91 Å². The smallest absolute Gasteiger partial charge is 0.255 e. The first-order chi connectivity index (χ1) is 8.22. The molecule has 1 amide bonds. The number of likely N-dealkylation sites (tertiary alicyclic amines) is 1. The number of carbonyl (C=O) groups excluding carboxylic acids is 1. The SMILES string of the molecule is O=C(c1ccccc1Cl)N1CCCC(CCl)C1. The fourth-order valence-corrected chi connectivity index (χ4v) is 2.65. The second kappa shape index (κ2) is 5.74. The second-order valence-corrected chi connectivity index (χ2v) is 5.11. The molecule has 0 aromatic heterocycles. The fourth-order valence-electron chi connectivity index (χ4n) is 2.18. The van der Waals surface area contributed by atoms with Crippen LogP contribution in [0.1, 0.15) is 23.2 Å². The van der Waals surface area contributed by atoms with Gasteiger partial charge in [-0.05, 0) is 30.9 Å². The van der Waals surface area contributed by atoms with Gasteiger partial charge in [0.15, 0.2) is 0 Å². The van der Waals surface area contributed by atoms with Gasteiger partial charge in [-0.15, -0.1) is 11.6 Å². The van der Waals surface area contributed by atoms with Gasteiger partial charge in [-0.2, -0.15) is 0 Å². The van der Waals surface area contributed by atoms with Gasteiger partial charge in [-0.3, -0.25) is 4.79 Å². The van der Waals surface area contributed by atoms with Crippen LogP contribution < -0.4 is 0 Å². The largest absolute Gasteiger partial charge is 0.338 e. The number of piperidine rings is 1. The van der Waals surface area contributed by atoms with Gasteiger partial charge >= 0.3 is 0 Å². The van der Waals surface area contributed by atoms with E-state index in [1.54, 1.807) is 12.1 Å². The van der Waals surface area contributed by atoms with Crippen molar-refractivity contribution >= 4 is 29.1 Å². The highest BCUT2D eigenvalue weighted by Gasteiger charge is 2.24. The van der Waals surface area contributed by atoms with Gasteiger partial charge in [-0.1, -0.05) is 23.7 Å². The van der Waals surface area contributed by atoms with Crippen molar-refractivity contribution in [2.45, 2.75) is 12.8 Å². The highest BCUT2D eigenvalue weighted by molar-refractivity contribution is 6.33. The zero-order valence-corrected chi connectivity index (χ0v) is 11.0. The van der Waals surface area contributed by atoms with Gasteiger partial charge in [0.05, 0.1) is 10.6 Å². The lowest BCUT2D eigenvalue weighted by molar-refractivity contribution is 0.0685. The molecular formula is C13H15Cl2NO. The van der Waals surface area contributed by atoms with Crippen molar-refractivity contribution in [3.05, 3.63) is 34.9 Å². The molecule has 1 atom stereocenters. The molecule has 1 fully saturated rings. The van der Waals surface area contributed by atoms with Crippen molar-refractivity contribution in [3.63, 3.8) is 0 Å². The maximum Gasteiger partial charge on any atom is 0.255 e. The summed E-state index contributed by atoms with van der Waals surface area (Å²) in [4.78, 5) is 14.1. The summed E-state index contributed by atoms with van der Waals surface area (Å²) in [7, 11) is 0. The first-order valence-electron chi connectivity index (χ1n) is 5.82. The third-order valence-corrected chi connectivity index (χ3v) is 3.89. The summed E-state index contributed by atoms with van der Waals surface area (Å²) in [6, 6.07) is 7.19. The molecule has 2 nitrogen and oxygen atoms in total. The Hall–Kier alpha value is -0.730. The van der Waals surface area contributed by atoms with E-state index in [1.807, 2.05) is 17.0 Å². The molecule has 4 heteroatoms. The molecule has 1 heterocycles. The monoisotopic (exact) mass is 271 g/mol. The zero-order chi connectivity index (χ0) is 12.3. The zero-order valence-electron chi connectivity index (χ0n) is 9.53. The molecule has 2 rings (SSSR count). The Labute approximate surface area is 112 Å². The minimum Gasteiger partial charge on any atom is -0.338 e. The van der Waals surface area contributed by atoms with Gasteiger partial charge in [-0.25, -0.2) is 0 Å². The second-order valence-electron chi connectivity index (χ2n) is 4.39. The van der Waals surface area contributed by atoms with Crippen LogP contribution in [-0.4, -0.2) is 29.8 Å². The number of halogens is 2. The molecule has 0 spiro atoms. The van der Waals surface area contributed by atoms with Crippen LogP contribution in [0, 0.1) is 5.92 Å². The van der Waals surface area contributed by atoms with E-state index in [4.69, 9.17) is 23.2 Å². The quantitative estimate of drug-likeness (QED) is 0.755. The fraction of sp³-hybridized carbons (Fsp3) is 0.462. The number of hydrogen-bond donors (Lipinski definition) is 0. The number of carbonyl (C=O) groups is 1. The Morgan fingerprint density at radius 2 is 2.18 bits per heavy atom. The van der Waals surface area contributed by atoms with E-state index < -0.39 is 0 Å². The van der Waals surface area contributed by atoms with Crippen LogP contribution >= 0.6 is 23.2 Å². The van der Waals surface area contributed by atoms with Crippen molar-refractivity contribution in [2.24, 2.45) is 5.92 Å². The Balaban J connectivity index is 2.12. The maximum atomic E-state index is 12.3. The summed E-state index contributed by atoms with van der Waals surface area (Å²) in [5.41, 5.74) is 0.587.